The third-order valence-electron chi connectivity index (χ3n) is 0.546. The topological polar surface area (TPSA) is 35.2 Å². The van der Waals surface area contributed by atoms with Crippen molar-refractivity contribution in [3.63, 3.8) is 0 Å². The zero-order chi connectivity index (χ0) is 8.15. The minimum absolute atomic E-state index is 0.0131. The van der Waals surface area contributed by atoms with Crippen LogP contribution in [0.1, 0.15) is 0 Å². The average Bonchev–Trinajstić information content (AvgIpc) is 1.82. The summed E-state index contributed by atoms with van der Waals surface area (Å²) in [4.78, 5) is 0. The van der Waals surface area contributed by atoms with E-state index in [0.717, 1.165) is 0 Å². The summed E-state index contributed by atoms with van der Waals surface area (Å²) < 4.78 is 4.57. The first-order valence-corrected chi connectivity index (χ1v) is 3.70. The fraction of sp³-hybridized carbons (Fsp3) is 0.250. The third kappa shape index (κ3) is 5.11. The summed E-state index contributed by atoms with van der Waals surface area (Å²) >= 11 is 20.3. The van der Waals surface area contributed by atoms with Crippen LogP contribution in [0.25, 0.3) is 0 Å². The van der Waals surface area contributed by atoms with Crippen molar-refractivity contribution in [2.45, 2.75) is 0 Å². The Morgan fingerprint density at radius 1 is 1.40 bits per heavy atom. The molecule has 0 aromatic rings. The number of thiocarbonyl (C=S) groups is 1. The smallest absolute Gasteiger partial charge is 0.254 e. The fourth-order valence-electron chi connectivity index (χ4n) is 0.189. The highest BCUT2D eigenvalue weighted by atomic mass is 35.5. The molecule has 0 atom stereocenters. The van der Waals surface area contributed by atoms with Gasteiger partial charge < -0.3 is 10.5 Å². The Kier molecular flexibility index (Phi) is 5.17. The maximum absolute atomic E-state index is 5.44. The predicted molar refractivity (Wildman–Crippen MR) is 47.3 cm³/mol. The van der Waals surface area contributed by atoms with Crippen molar-refractivity contribution >= 4 is 52.2 Å². The van der Waals surface area contributed by atoms with E-state index in [1.807, 2.05) is 0 Å². The quantitative estimate of drug-likeness (QED) is 0.724. The van der Waals surface area contributed by atoms with Gasteiger partial charge in [-0.25, -0.2) is 0 Å². The van der Waals surface area contributed by atoms with Gasteiger partial charge in [-0.2, -0.15) is 0 Å². The zero-order valence-electron chi connectivity index (χ0n) is 4.73. The van der Waals surface area contributed by atoms with Crippen molar-refractivity contribution in [2.75, 3.05) is 6.61 Å². The minimum atomic E-state index is -0.0901. The van der Waals surface area contributed by atoms with Crippen LogP contribution >= 0.6 is 47.0 Å². The van der Waals surface area contributed by atoms with Gasteiger partial charge in [-0.3, -0.25) is 0 Å². The molecule has 0 aliphatic heterocycles. The molecule has 0 spiro atoms. The van der Waals surface area contributed by atoms with Crippen LogP contribution < -0.4 is 5.73 Å². The molecule has 0 rings (SSSR count). The molecule has 6 heteroatoms. The molecule has 0 amide bonds. The van der Waals surface area contributed by atoms with Gasteiger partial charge in [0.15, 0.2) is 0 Å². The van der Waals surface area contributed by atoms with Gasteiger partial charge in [-0.1, -0.05) is 34.8 Å². The number of halogens is 3. The van der Waals surface area contributed by atoms with Crippen LogP contribution in [-0.4, -0.2) is 11.8 Å². The zero-order valence-corrected chi connectivity index (χ0v) is 7.82. The van der Waals surface area contributed by atoms with Crippen LogP contribution in [0.2, 0.25) is 0 Å². The van der Waals surface area contributed by atoms with Crippen molar-refractivity contribution in [3.8, 4) is 0 Å². The second kappa shape index (κ2) is 5.02. The first kappa shape index (κ1) is 10.3. The number of hydrogen-bond acceptors (Lipinski definition) is 2. The summed E-state index contributed by atoms with van der Waals surface area (Å²) in [5.74, 6) is 0. The van der Waals surface area contributed by atoms with E-state index in [1.165, 1.54) is 0 Å². The van der Waals surface area contributed by atoms with E-state index in [9.17, 15) is 0 Å². The number of hydrogen-bond donors (Lipinski definition) is 1. The summed E-state index contributed by atoms with van der Waals surface area (Å²) in [7, 11) is 0. The first-order chi connectivity index (χ1) is 4.54. The Morgan fingerprint density at radius 3 is 2.20 bits per heavy atom. The van der Waals surface area contributed by atoms with E-state index < -0.39 is 0 Å². The summed E-state index contributed by atoms with van der Waals surface area (Å²) in [5.41, 5.74) is 4.98. The van der Waals surface area contributed by atoms with Crippen molar-refractivity contribution in [2.24, 2.45) is 5.73 Å². The number of ether oxygens (including phenoxy) is 1. The molecule has 2 nitrogen and oxygen atoms in total. The summed E-state index contributed by atoms with van der Waals surface area (Å²) in [6.07, 6.45) is 0. The fourth-order valence-corrected chi connectivity index (χ4v) is 0.412. The SMILES string of the molecule is NC(=S)OCC(Cl)=C(Cl)Cl. The minimum Gasteiger partial charge on any atom is -0.465 e. The lowest BCUT2D eigenvalue weighted by atomic mass is 10.7. The van der Waals surface area contributed by atoms with Crippen LogP contribution in [0, 0.1) is 0 Å². The Hall–Kier alpha value is 0.300. The van der Waals surface area contributed by atoms with Gasteiger partial charge in [-0.15, -0.1) is 0 Å². The molecule has 0 saturated carbocycles. The van der Waals surface area contributed by atoms with Crippen molar-refractivity contribution in [3.05, 3.63) is 9.52 Å². The Labute approximate surface area is 78.9 Å². The molecular formula is C4H4Cl3NOS. The van der Waals surface area contributed by atoms with E-state index in [4.69, 9.17) is 40.5 Å². The lowest BCUT2D eigenvalue weighted by Gasteiger charge is -2.00. The molecule has 2 N–H and O–H groups in total. The highest BCUT2D eigenvalue weighted by molar-refractivity contribution is 7.80. The van der Waals surface area contributed by atoms with E-state index >= 15 is 0 Å². The monoisotopic (exact) mass is 219 g/mol. The lowest BCUT2D eigenvalue weighted by Crippen LogP contribution is -2.13. The lowest BCUT2D eigenvalue weighted by molar-refractivity contribution is 0.351. The standard InChI is InChI=1S/C4H4Cl3NOS/c5-2(3(6)7)1-9-4(8)10/h1H2,(H2,8,10). The van der Waals surface area contributed by atoms with Crippen LogP contribution in [-0.2, 0) is 4.74 Å². The maximum atomic E-state index is 5.44. The average molecular weight is 221 g/mol. The van der Waals surface area contributed by atoms with Gasteiger partial charge in [0.05, 0.1) is 5.03 Å². The molecule has 0 heterocycles. The highest BCUT2D eigenvalue weighted by Gasteiger charge is 1.99. The van der Waals surface area contributed by atoms with Crippen molar-refractivity contribution in [1.29, 1.82) is 0 Å². The van der Waals surface area contributed by atoms with Crippen LogP contribution in [0.4, 0.5) is 0 Å². The van der Waals surface area contributed by atoms with Crippen LogP contribution in [0.3, 0.4) is 0 Å². The Balaban J connectivity index is 3.71. The largest absolute Gasteiger partial charge is 0.465 e. The van der Waals surface area contributed by atoms with Gasteiger partial charge >= 0.3 is 0 Å². The second-order valence-electron chi connectivity index (χ2n) is 1.27. The molecule has 0 aliphatic carbocycles. The Morgan fingerprint density at radius 2 is 1.90 bits per heavy atom. The molecule has 0 fully saturated rings. The van der Waals surface area contributed by atoms with E-state index in [-0.39, 0.29) is 21.3 Å². The molecule has 0 unspecified atom stereocenters. The molecule has 58 valence electrons. The van der Waals surface area contributed by atoms with Crippen molar-refractivity contribution < 1.29 is 4.74 Å². The van der Waals surface area contributed by atoms with Crippen LogP contribution in [0.5, 0.6) is 0 Å². The van der Waals surface area contributed by atoms with E-state index in [2.05, 4.69) is 17.0 Å². The molecule has 0 aromatic carbocycles. The van der Waals surface area contributed by atoms with Gasteiger partial charge in [0.1, 0.15) is 11.1 Å². The predicted octanol–water partition coefficient (Wildman–Crippen LogP) is 2.13. The molecule has 0 radical (unpaired) electrons. The molecule has 0 bridgehead atoms. The first-order valence-electron chi connectivity index (χ1n) is 2.16. The summed E-state index contributed by atoms with van der Waals surface area (Å²) in [6, 6.07) is 0. The van der Waals surface area contributed by atoms with E-state index in [1.54, 1.807) is 0 Å². The normalized spacial score (nSPS) is 8.70. The maximum Gasteiger partial charge on any atom is 0.254 e. The van der Waals surface area contributed by atoms with Crippen molar-refractivity contribution in [1.82, 2.24) is 0 Å². The van der Waals surface area contributed by atoms with Gasteiger partial charge in [0.2, 0.25) is 0 Å². The second-order valence-corrected chi connectivity index (χ2v) is 3.08. The highest BCUT2D eigenvalue weighted by Crippen LogP contribution is 2.17. The molecule has 0 aliphatic rings. The number of rotatable bonds is 2. The summed E-state index contributed by atoms with van der Waals surface area (Å²) in [6.45, 7) is 0.0131. The number of nitrogens with two attached hydrogens (primary N) is 1. The third-order valence-corrected chi connectivity index (χ3v) is 1.61. The van der Waals surface area contributed by atoms with Gasteiger partial charge in [0.25, 0.3) is 5.17 Å². The summed E-state index contributed by atoms with van der Waals surface area (Å²) in [5, 5.41) is 0.0869. The van der Waals surface area contributed by atoms with Gasteiger partial charge in [0, 0.05) is 0 Å². The van der Waals surface area contributed by atoms with Crippen LogP contribution in [0.15, 0.2) is 9.52 Å². The molecule has 0 aromatic heterocycles. The van der Waals surface area contributed by atoms with Gasteiger partial charge in [-0.05, 0) is 12.2 Å². The molecule has 10 heavy (non-hydrogen) atoms. The molecular weight excluding hydrogens is 216 g/mol. The van der Waals surface area contributed by atoms with E-state index in [0.29, 0.717) is 0 Å². The Bertz CT molecular complexity index is 166. The molecule has 0 saturated heterocycles.